The minimum absolute atomic E-state index is 0. The van der Waals surface area contributed by atoms with Crippen molar-refractivity contribution in [2.45, 2.75) is 110 Å². The van der Waals surface area contributed by atoms with Crippen LogP contribution < -0.4 is 22.1 Å². The third kappa shape index (κ3) is 9.89. The first kappa shape index (κ1) is 27.8. The molecule has 2 amide bonds. The summed E-state index contributed by atoms with van der Waals surface area (Å²) in [5, 5.41) is 24.8. The lowest BCUT2D eigenvalue weighted by molar-refractivity contribution is -0.124. The zero-order chi connectivity index (χ0) is 21.4. The van der Waals surface area contributed by atoms with Gasteiger partial charge in [0.25, 0.3) is 0 Å². The molecule has 0 saturated heterocycles. The van der Waals surface area contributed by atoms with Crippen LogP contribution in [-0.2, 0) is 9.59 Å². The second-order valence-corrected chi connectivity index (χ2v) is 8.70. The van der Waals surface area contributed by atoms with Gasteiger partial charge in [-0.25, -0.2) is 0 Å². The normalized spacial score (nSPS) is 33.8. The first-order valence-corrected chi connectivity index (χ1v) is 10.5. The van der Waals surface area contributed by atoms with Crippen LogP contribution in [0.2, 0.25) is 0 Å². The minimum atomic E-state index is -0.447. The zero-order valence-corrected chi connectivity index (χ0v) is 17.7. The van der Waals surface area contributed by atoms with Crippen molar-refractivity contribution < 1.29 is 19.8 Å². The zero-order valence-electron chi connectivity index (χ0n) is 17.7. The van der Waals surface area contributed by atoms with Crippen LogP contribution in [-0.4, -0.2) is 58.4 Å². The summed E-state index contributed by atoms with van der Waals surface area (Å²) in [4.78, 5) is 22.6. The van der Waals surface area contributed by atoms with Crippen molar-refractivity contribution in [3.8, 4) is 0 Å². The number of amides is 2. The highest BCUT2D eigenvalue weighted by Crippen LogP contribution is 2.25. The lowest BCUT2D eigenvalue weighted by atomic mass is 9.84. The molecule has 0 aromatic rings. The topological polar surface area (TPSA) is 151 Å². The average Bonchev–Trinajstić information content (AvgIpc) is 2.61. The lowest BCUT2D eigenvalue weighted by Crippen LogP contribution is -2.47. The molecule has 2 aliphatic carbocycles. The molecule has 2 fully saturated rings. The Morgan fingerprint density at radius 3 is 1.34 bits per heavy atom. The van der Waals surface area contributed by atoms with E-state index < -0.39 is 12.1 Å². The first-order valence-electron chi connectivity index (χ1n) is 10.5. The second-order valence-electron chi connectivity index (χ2n) is 8.70. The number of hydrogen-bond donors (Lipinski definition) is 6. The molecule has 0 radical (unpaired) electrons. The van der Waals surface area contributed by atoms with Gasteiger partial charge in [-0.1, -0.05) is 21.3 Å². The lowest BCUT2D eigenvalue weighted by Gasteiger charge is -2.31. The highest BCUT2D eigenvalue weighted by molar-refractivity contribution is 5.81. The minimum Gasteiger partial charge on any atom is -0.393 e. The largest absolute Gasteiger partial charge is 0.393 e. The van der Waals surface area contributed by atoms with Gasteiger partial charge in [0.2, 0.25) is 11.8 Å². The van der Waals surface area contributed by atoms with Gasteiger partial charge in [0.15, 0.2) is 0 Å². The van der Waals surface area contributed by atoms with Crippen LogP contribution in [0.15, 0.2) is 0 Å². The van der Waals surface area contributed by atoms with Crippen LogP contribution in [0.5, 0.6) is 0 Å². The number of aliphatic hydroxyl groups is 2. The Balaban J connectivity index is 0.000000523. The predicted octanol–water partition coefficient (Wildman–Crippen LogP) is 0.635. The van der Waals surface area contributed by atoms with Crippen LogP contribution in [0.4, 0.5) is 0 Å². The molecule has 2 saturated carbocycles. The molecule has 0 aromatic carbocycles. The van der Waals surface area contributed by atoms with Crippen LogP contribution >= 0.6 is 0 Å². The van der Waals surface area contributed by atoms with E-state index in [4.69, 9.17) is 11.5 Å². The van der Waals surface area contributed by atoms with Crippen LogP contribution in [0.25, 0.3) is 0 Å². The van der Waals surface area contributed by atoms with Crippen molar-refractivity contribution in [1.29, 1.82) is 0 Å². The fraction of sp³-hybridized carbons (Fsp3) is 0.905. The molecule has 0 heterocycles. The quantitative estimate of drug-likeness (QED) is 0.396. The number of nitrogens with one attached hydrogen (secondary N) is 2. The summed E-state index contributed by atoms with van der Waals surface area (Å²) in [7, 11) is 0. The van der Waals surface area contributed by atoms with E-state index in [-0.39, 0.29) is 55.4 Å². The summed E-state index contributed by atoms with van der Waals surface area (Å²) in [6.45, 7) is 7.37. The monoisotopic (exact) mass is 416 g/mol. The Morgan fingerprint density at radius 2 is 1.10 bits per heavy atom. The van der Waals surface area contributed by atoms with Crippen LogP contribution in [0, 0.1) is 11.8 Å². The molecular weight excluding hydrogens is 372 g/mol. The van der Waals surface area contributed by atoms with E-state index in [1.165, 1.54) is 0 Å². The Kier molecular flexibility index (Phi) is 12.6. The smallest absolute Gasteiger partial charge is 0.236 e. The summed E-state index contributed by atoms with van der Waals surface area (Å²) in [5.74, 6) is 0.335. The molecule has 0 bridgehead atoms. The van der Waals surface area contributed by atoms with Gasteiger partial charge in [0.05, 0.1) is 24.3 Å². The molecule has 172 valence electrons. The number of nitrogens with two attached hydrogens (primary N) is 2. The van der Waals surface area contributed by atoms with Crippen molar-refractivity contribution in [3.05, 3.63) is 0 Å². The number of carbonyl (C=O) groups excluding carboxylic acids is 2. The molecular formula is C21H44N4O4. The standard InChI is InChI=1S/2C10H20N2O2.CH4/c2*1-6-5-8(3-4-9(6)13)12-10(14)7(2)11;/h2*6-9,13H,3-5,11H2,1-2H3,(H,12,14);1H4/t6-,7+,8+,9-;6-,7-,8+,9-;/m10./s1. The molecule has 0 unspecified atom stereocenters. The summed E-state index contributed by atoms with van der Waals surface area (Å²) in [6, 6.07) is -0.520. The fourth-order valence-electron chi connectivity index (χ4n) is 3.69. The number of aliphatic hydroxyl groups excluding tert-OH is 2. The van der Waals surface area contributed by atoms with Gasteiger partial charge in [0, 0.05) is 12.1 Å². The van der Waals surface area contributed by atoms with Crippen molar-refractivity contribution in [3.63, 3.8) is 0 Å². The molecule has 29 heavy (non-hydrogen) atoms. The maximum Gasteiger partial charge on any atom is 0.236 e. The van der Waals surface area contributed by atoms with Crippen molar-refractivity contribution in [2.75, 3.05) is 0 Å². The van der Waals surface area contributed by atoms with E-state index in [0.29, 0.717) is 0 Å². The summed E-state index contributed by atoms with van der Waals surface area (Å²) in [6.07, 6.45) is 4.51. The summed E-state index contributed by atoms with van der Waals surface area (Å²) < 4.78 is 0. The van der Waals surface area contributed by atoms with Gasteiger partial charge in [0.1, 0.15) is 0 Å². The maximum atomic E-state index is 11.3. The molecule has 0 aromatic heterocycles. The molecule has 8 nitrogen and oxygen atoms in total. The molecule has 0 spiro atoms. The molecule has 8 atom stereocenters. The van der Waals surface area contributed by atoms with Gasteiger partial charge in [-0.05, 0) is 64.2 Å². The van der Waals surface area contributed by atoms with Crippen LogP contribution in [0.1, 0.15) is 73.6 Å². The maximum absolute atomic E-state index is 11.3. The van der Waals surface area contributed by atoms with E-state index in [1.807, 2.05) is 13.8 Å². The van der Waals surface area contributed by atoms with E-state index >= 15 is 0 Å². The Labute approximate surface area is 176 Å². The predicted molar refractivity (Wildman–Crippen MR) is 116 cm³/mol. The Morgan fingerprint density at radius 1 is 0.793 bits per heavy atom. The first-order chi connectivity index (χ1) is 13.0. The van der Waals surface area contributed by atoms with E-state index in [2.05, 4.69) is 10.6 Å². The molecule has 2 rings (SSSR count). The molecule has 2 aliphatic rings. The number of carbonyl (C=O) groups is 2. The number of rotatable bonds is 4. The highest BCUT2D eigenvalue weighted by atomic mass is 16.3. The second kappa shape index (κ2) is 13.2. The molecule has 8 heteroatoms. The summed E-state index contributed by atoms with van der Waals surface area (Å²) in [5.41, 5.74) is 10.9. The Hall–Kier alpha value is -1.22. The third-order valence-electron chi connectivity index (χ3n) is 5.77. The molecule has 8 N–H and O–H groups in total. The van der Waals surface area contributed by atoms with Crippen molar-refractivity contribution >= 4 is 11.8 Å². The van der Waals surface area contributed by atoms with Gasteiger partial charge >= 0.3 is 0 Å². The highest BCUT2D eigenvalue weighted by Gasteiger charge is 2.28. The van der Waals surface area contributed by atoms with Gasteiger partial charge in [-0.3, -0.25) is 9.59 Å². The van der Waals surface area contributed by atoms with Crippen molar-refractivity contribution in [2.24, 2.45) is 23.3 Å². The van der Waals surface area contributed by atoms with E-state index in [1.54, 1.807) is 13.8 Å². The van der Waals surface area contributed by atoms with Gasteiger partial charge in [-0.2, -0.15) is 0 Å². The van der Waals surface area contributed by atoms with E-state index in [9.17, 15) is 19.8 Å². The number of hydrogen-bond acceptors (Lipinski definition) is 6. The molecule has 0 aliphatic heterocycles. The van der Waals surface area contributed by atoms with Gasteiger partial charge in [-0.15, -0.1) is 0 Å². The Bertz CT molecular complexity index is 457. The summed E-state index contributed by atoms with van der Waals surface area (Å²) >= 11 is 0. The van der Waals surface area contributed by atoms with E-state index in [0.717, 1.165) is 38.5 Å². The van der Waals surface area contributed by atoms with Gasteiger partial charge < -0.3 is 32.3 Å². The van der Waals surface area contributed by atoms with Crippen LogP contribution in [0.3, 0.4) is 0 Å². The average molecular weight is 417 g/mol. The van der Waals surface area contributed by atoms with Crippen molar-refractivity contribution in [1.82, 2.24) is 10.6 Å². The SMILES string of the molecule is C.C[C@H](N)C(=O)N[C@@H]1CC[C@H](O)[C@@H](C)C1.C[C@H](N)C(=O)N[C@H]1CC[C@@H](O)[C@H](C)C1. The fourth-order valence-corrected chi connectivity index (χ4v) is 3.69. The third-order valence-corrected chi connectivity index (χ3v) is 5.77.